The Morgan fingerprint density at radius 3 is 2.64 bits per heavy atom. The number of amides is 1. The van der Waals surface area contributed by atoms with Crippen LogP contribution in [-0.2, 0) is 9.53 Å². The molecular weight excluding hydrogens is 148 g/mol. The van der Waals surface area contributed by atoms with Crippen molar-refractivity contribution in [1.82, 2.24) is 5.43 Å². The van der Waals surface area contributed by atoms with E-state index < -0.39 is 5.79 Å². The molecule has 0 unspecified atom stereocenters. The second kappa shape index (κ2) is 4.27. The summed E-state index contributed by atoms with van der Waals surface area (Å²) >= 11 is 0. The number of nitrogens with one attached hydrogen (secondary N) is 1. The zero-order valence-corrected chi connectivity index (χ0v) is 6.76. The van der Waals surface area contributed by atoms with E-state index in [2.05, 4.69) is 0 Å². The molecule has 0 saturated carbocycles. The van der Waals surface area contributed by atoms with Gasteiger partial charge in [-0.05, 0) is 13.8 Å². The zero-order valence-electron chi connectivity index (χ0n) is 6.76. The summed E-state index contributed by atoms with van der Waals surface area (Å²) in [4.78, 5) is 10.5. The first-order chi connectivity index (χ1) is 4.95. The molecule has 5 heteroatoms. The maximum absolute atomic E-state index is 10.5. The highest BCUT2D eigenvalue weighted by Crippen LogP contribution is 2.02. The van der Waals surface area contributed by atoms with Crippen molar-refractivity contribution in [3.8, 4) is 0 Å². The Labute approximate surface area is 65.5 Å². The van der Waals surface area contributed by atoms with Crippen LogP contribution in [0, 0.1) is 0 Å². The standard InChI is InChI=1S/C6H14N2O3/c1-6(2,10)11-4-3-5(9)8-7/h10H,3-4,7H2,1-2H3,(H,8,9). The van der Waals surface area contributed by atoms with Crippen molar-refractivity contribution >= 4 is 5.91 Å². The third-order valence-corrected chi connectivity index (χ3v) is 0.945. The maximum atomic E-state index is 10.5. The molecule has 0 aromatic carbocycles. The first-order valence-corrected chi connectivity index (χ1v) is 3.31. The lowest BCUT2D eigenvalue weighted by Gasteiger charge is -2.17. The minimum Gasteiger partial charge on any atom is -0.366 e. The normalized spacial score (nSPS) is 11.3. The topological polar surface area (TPSA) is 84.6 Å². The van der Waals surface area contributed by atoms with E-state index in [-0.39, 0.29) is 18.9 Å². The van der Waals surface area contributed by atoms with Gasteiger partial charge in [0, 0.05) is 0 Å². The first-order valence-electron chi connectivity index (χ1n) is 3.31. The molecule has 4 N–H and O–H groups in total. The van der Waals surface area contributed by atoms with Crippen molar-refractivity contribution in [1.29, 1.82) is 0 Å². The number of nitrogens with two attached hydrogens (primary N) is 1. The van der Waals surface area contributed by atoms with E-state index >= 15 is 0 Å². The first kappa shape index (κ1) is 10.3. The lowest BCUT2D eigenvalue weighted by atomic mass is 10.4. The van der Waals surface area contributed by atoms with Crippen LogP contribution in [0.25, 0.3) is 0 Å². The van der Waals surface area contributed by atoms with Crippen molar-refractivity contribution in [3.05, 3.63) is 0 Å². The molecule has 0 aliphatic carbocycles. The minimum atomic E-state index is -1.19. The third-order valence-electron chi connectivity index (χ3n) is 0.945. The van der Waals surface area contributed by atoms with Crippen molar-refractivity contribution in [2.24, 2.45) is 5.84 Å². The fourth-order valence-electron chi connectivity index (χ4n) is 0.466. The second-order valence-electron chi connectivity index (χ2n) is 2.61. The largest absolute Gasteiger partial charge is 0.366 e. The molecule has 0 spiro atoms. The molecule has 0 heterocycles. The maximum Gasteiger partial charge on any atom is 0.236 e. The fourth-order valence-corrected chi connectivity index (χ4v) is 0.466. The summed E-state index contributed by atoms with van der Waals surface area (Å²) in [6.45, 7) is 3.15. The van der Waals surface area contributed by atoms with E-state index in [1.54, 1.807) is 0 Å². The molecular formula is C6H14N2O3. The van der Waals surface area contributed by atoms with Gasteiger partial charge >= 0.3 is 0 Å². The van der Waals surface area contributed by atoms with Crippen LogP contribution < -0.4 is 11.3 Å². The van der Waals surface area contributed by atoms with Crippen molar-refractivity contribution < 1.29 is 14.6 Å². The molecule has 0 aromatic rings. The smallest absolute Gasteiger partial charge is 0.236 e. The number of hydrogen-bond donors (Lipinski definition) is 3. The summed E-state index contributed by atoms with van der Waals surface area (Å²) in [7, 11) is 0. The molecule has 0 rings (SSSR count). The molecule has 0 atom stereocenters. The van der Waals surface area contributed by atoms with Crippen LogP contribution >= 0.6 is 0 Å². The molecule has 0 aliphatic rings. The zero-order chi connectivity index (χ0) is 8.91. The number of carbonyl (C=O) groups is 1. The summed E-state index contributed by atoms with van der Waals surface area (Å²) in [5.41, 5.74) is 1.95. The highest BCUT2D eigenvalue weighted by molar-refractivity contribution is 5.75. The van der Waals surface area contributed by atoms with Crippen molar-refractivity contribution in [3.63, 3.8) is 0 Å². The lowest BCUT2D eigenvalue weighted by Crippen LogP contribution is -2.32. The molecule has 0 bridgehead atoms. The molecule has 66 valence electrons. The van der Waals surface area contributed by atoms with Gasteiger partial charge in [0.25, 0.3) is 0 Å². The Morgan fingerprint density at radius 1 is 1.73 bits per heavy atom. The molecule has 1 amide bonds. The van der Waals surface area contributed by atoms with Gasteiger partial charge in [0.05, 0.1) is 13.0 Å². The third kappa shape index (κ3) is 7.24. The van der Waals surface area contributed by atoms with Gasteiger partial charge in [-0.25, -0.2) is 5.84 Å². The van der Waals surface area contributed by atoms with Gasteiger partial charge in [-0.15, -0.1) is 0 Å². The van der Waals surface area contributed by atoms with Crippen LogP contribution in [0.5, 0.6) is 0 Å². The Bertz CT molecular complexity index is 130. The number of carbonyl (C=O) groups excluding carboxylic acids is 1. The molecule has 0 aliphatic heterocycles. The fraction of sp³-hybridized carbons (Fsp3) is 0.833. The quantitative estimate of drug-likeness (QED) is 0.217. The van der Waals surface area contributed by atoms with Crippen LogP contribution in [0.4, 0.5) is 0 Å². The predicted octanol–water partition coefficient (Wildman–Crippen LogP) is -0.889. The van der Waals surface area contributed by atoms with Crippen molar-refractivity contribution in [2.75, 3.05) is 6.61 Å². The van der Waals surface area contributed by atoms with Gasteiger partial charge in [0.15, 0.2) is 5.79 Å². The van der Waals surface area contributed by atoms with Crippen LogP contribution in [0.3, 0.4) is 0 Å². The number of ether oxygens (including phenoxy) is 1. The van der Waals surface area contributed by atoms with Crippen LogP contribution in [-0.4, -0.2) is 23.4 Å². The SMILES string of the molecule is CC(C)(O)OCCC(=O)NN. The summed E-state index contributed by atoms with van der Waals surface area (Å²) in [5, 5.41) is 9.02. The number of hydrogen-bond acceptors (Lipinski definition) is 4. The average molecular weight is 162 g/mol. The average Bonchev–Trinajstić information content (AvgIpc) is 1.85. The van der Waals surface area contributed by atoms with Crippen molar-refractivity contribution in [2.45, 2.75) is 26.1 Å². The van der Waals surface area contributed by atoms with E-state index in [1.165, 1.54) is 13.8 Å². The summed E-state index contributed by atoms with van der Waals surface area (Å²) in [5.74, 6) is 3.31. The second-order valence-corrected chi connectivity index (χ2v) is 2.61. The Hall–Kier alpha value is -0.650. The molecule has 0 aromatic heterocycles. The molecule has 0 fully saturated rings. The van der Waals surface area contributed by atoms with E-state index in [4.69, 9.17) is 15.7 Å². The highest BCUT2D eigenvalue weighted by atomic mass is 16.6. The van der Waals surface area contributed by atoms with Gasteiger partial charge in [-0.2, -0.15) is 0 Å². The molecule has 0 radical (unpaired) electrons. The van der Waals surface area contributed by atoms with Gasteiger partial charge in [-0.1, -0.05) is 0 Å². The van der Waals surface area contributed by atoms with Gasteiger partial charge < -0.3 is 9.84 Å². The summed E-state index contributed by atoms with van der Waals surface area (Å²) in [6, 6.07) is 0. The molecule has 5 nitrogen and oxygen atoms in total. The Morgan fingerprint density at radius 2 is 2.27 bits per heavy atom. The Balaban J connectivity index is 3.35. The van der Waals surface area contributed by atoms with E-state index in [0.29, 0.717) is 0 Å². The van der Waals surface area contributed by atoms with Gasteiger partial charge in [0.2, 0.25) is 5.91 Å². The lowest BCUT2D eigenvalue weighted by molar-refractivity contribution is -0.177. The van der Waals surface area contributed by atoms with Crippen LogP contribution in [0.15, 0.2) is 0 Å². The number of rotatable bonds is 4. The van der Waals surface area contributed by atoms with Gasteiger partial charge in [-0.3, -0.25) is 10.2 Å². The highest BCUT2D eigenvalue weighted by Gasteiger charge is 2.12. The molecule has 11 heavy (non-hydrogen) atoms. The molecule has 0 saturated heterocycles. The number of aliphatic hydroxyl groups is 1. The van der Waals surface area contributed by atoms with E-state index in [0.717, 1.165) is 0 Å². The monoisotopic (exact) mass is 162 g/mol. The van der Waals surface area contributed by atoms with E-state index in [1.807, 2.05) is 5.43 Å². The van der Waals surface area contributed by atoms with Gasteiger partial charge in [0.1, 0.15) is 0 Å². The number of hydrazine groups is 1. The van der Waals surface area contributed by atoms with Crippen LogP contribution in [0.1, 0.15) is 20.3 Å². The summed E-state index contributed by atoms with van der Waals surface area (Å²) < 4.78 is 4.84. The minimum absolute atomic E-state index is 0.153. The van der Waals surface area contributed by atoms with E-state index in [9.17, 15) is 4.79 Å². The summed E-state index contributed by atoms with van der Waals surface area (Å²) in [6.07, 6.45) is 0.153. The Kier molecular flexibility index (Phi) is 4.02. The van der Waals surface area contributed by atoms with Crippen LogP contribution in [0.2, 0.25) is 0 Å². The predicted molar refractivity (Wildman–Crippen MR) is 39.2 cm³/mol.